The van der Waals surface area contributed by atoms with Crippen molar-refractivity contribution < 1.29 is 19.4 Å². The van der Waals surface area contributed by atoms with Crippen LogP contribution in [0.15, 0.2) is 0 Å². The lowest BCUT2D eigenvalue weighted by Crippen LogP contribution is -2.43. The molecule has 2 heterocycles. The highest BCUT2D eigenvalue weighted by atomic mass is 16.6. The van der Waals surface area contributed by atoms with Crippen LogP contribution in [0.5, 0.6) is 0 Å². The van der Waals surface area contributed by atoms with Crippen molar-refractivity contribution in [3.05, 3.63) is 0 Å². The van der Waals surface area contributed by atoms with E-state index in [-0.39, 0.29) is 24.2 Å². The van der Waals surface area contributed by atoms with Crippen molar-refractivity contribution in [1.29, 1.82) is 0 Å². The largest absolute Gasteiger partial charge is 0.388 e. The maximum absolute atomic E-state index is 10.8. The summed E-state index contributed by atoms with van der Waals surface area (Å²) in [5, 5.41) is 12.1. The van der Waals surface area contributed by atoms with Crippen LogP contribution in [-0.4, -0.2) is 48.6 Å². The molecule has 1 amide bonds. The van der Waals surface area contributed by atoms with E-state index in [1.54, 1.807) is 0 Å². The third kappa shape index (κ3) is 1.54. The second-order valence-electron chi connectivity index (χ2n) is 3.47. The highest BCUT2D eigenvalue weighted by molar-refractivity contribution is 5.73. The Kier molecular flexibility index (Phi) is 2.23. The Hall–Kier alpha value is -0.650. The summed E-state index contributed by atoms with van der Waals surface area (Å²) in [6, 6.07) is -0.111. The van der Waals surface area contributed by atoms with Crippen LogP contribution in [0.2, 0.25) is 0 Å². The van der Waals surface area contributed by atoms with Crippen LogP contribution in [0.1, 0.15) is 6.92 Å². The van der Waals surface area contributed by atoms with Crippen molar-refractivity contribution in [3.63, 3.8) is 0 Å². The molecule has 0 aromatic rings. The molecule has 0 saturated carbocycles. The molecule has 5 heteroatoms. The molecule has 0 unspecified atom stereocenters. The van der Waals surface area contributed by atoms with Crippen molar-refractivity contribution >= 4 is 5.91 Å². The van der Waals surface area contributed by atoms with Crippen LogP contribution >= 0.6 is 0 Å². The molecule has 2 rings (SSSR count). The Morgan fingerprint density at radius 3 is 2.77 bits per heavy atom. The number of nitrogens with one attached hydrogen (secondary N) is 1. The van der Waals surface area contributed by atoms with Gasteiger partial charge in [0.15, 0.2) is 0 Å². The van der Waals surface area contributed by atoms with Gasteiger partial charge in [-0.25, -0.2) is 0 Å². The highest BCUT2D eigenvalue weighted by Gasteiger charge is 2.47. The van der Waals surface area contributed by atoms with Crippen LogP contribution in [0.4, 0.5) is 0 Å². The van der Waals surface area contributed by atoms with Gasteiger partial charge in [0.1, 0.15) is 18.3 Å². The lowest BCUT2D eigenvalue weighted by Gasteiger charge is -2.15. The molecule has 0 aliphatic carbocycles. The van der Waals surface area contributed by atoms with Gasteiger partial charge < -0.3 is 19.9 Å². The molecular weight excluding hydrogens is 174 g/mol. The molecule has 2 saturated heterocycles. The Bertz CT molecular complexity index is 220. The van der Waals surface area contributed by atoms with Gasteiger partial charge in [0.25, 0.3) is 0 Å². The molecule has 4 atom stereocenters. The molecule has 0 aromatic heterocycles. The van der Waals surface area contributed by atoms with Gasteiger partial charge in [-0.15, -0.1) is 0 Å². The van der Waals surface area contributed by atoms with Gasteiger partial charge in [-0.2, -0.15) is 0 Å². The van der Waals surface area contributed by atoms with Crippen molar-refractivity contribution in [2.75, 3.05) is 13.2 Å². The van der Waals surface area contributed by atoms with Crippen LogP contribution < -0.4 is 5.32 Å². The van der Waals surface area contributed by atoms with Crippen molar-refractivity contribution in [2.45, 2.75) is 31.3 Å². The molecule has 13 heavy (non-hydrogen) atoms. The first-order valence-corrected chi connectivity index (χ1v) is 4.37. The molecule has 2 fully saturated rings. The summed E-state index contributed by atoms with van der Waals surface area (Å²) in [5.41, 5.74) is 0. The van der Waals surface area contributed by atoms with Crippen molar-refractivity contribution in [1.82, 2.24) is 5.32 Å². The summed E-state index contributed by atoms with van der Waals surface area (Å²) >= 11 is 0. The fourth-order valence-electron chi connectivity index (χ4n) is 1.86. The quantitative estimate of drug-likeness (QED) is 0.532. The van der Waals surface area contributed by atoms with Gasteiger partial charge in [-0.3, -0.25) is 4.79 Å². The summed E-state index contributed by atoms with van der Waals surface area (Å²) in [6.07, 6.45) is -1.00. The summed E-state index contributed by atoms with van der Waals surface area (Å²) in [5.74, 6) is -0.0979. The Labute approximate surface area is 76.0 Å². The third-order valence-corrected chi connectivity index (χ3v) is 2.42. The third-order valence-electron chi connectivity index (χ3n) is 2.42. The minimum Gasteiger partial charge on any atom is -0.388 e. The number of rotatable bonds is 1. The average Bonchev–Trinajstić information content (AvgIpc) is 2.56. The second-order valence-corrected chi connectivity index (χ2v) is 3.47. The lowest BCUT2D eigenvalue weighted by atomic mass is 10.1. The van der Waals surface area contributed by atoms with E-state index in [1.807, 2.05) is 0 Å². The van der Waals surface area contributed by atoms with Crippen LogP contribution in [0, 0.1) is 0 Å². The molecule has 0 spiro atoms. The summed E-state index contributed by atoms with van der Waals surface area (Å²) in [6.45, 7) is 2.18. The van der Waals surface area contributed by atoms with Crippen LogP contribution in [-0.2, 0) is 14.3 Å². The average molecular weight is 187 g/mol. The number of amides is 1. The number of fused-ring (bicyclic) bond motifs is 1. The molecule has 74 valence electrons. The zero-order valence-corrected chi connectivity index (χ0v) is 7.40. The number of hydrogen-bond donors (Lipinski definition) is 2. The normalized spacial score (nSPS) is 43.2. The summed E-state index contributed by atoms with van der Waals surface area (Å²) in [7, 11) is 0. The molecule has 5 nitrogen and oxygen atoms in total. The van der Waals surface area contributed by atoms with Crippen LogP contribution in [0.3, 0.4) is 0 Å². The van der Waals surface area contributed by atoms with Gasteiger partial charge in [0.2, 0.25) is 5.91 Å². The van der Waals surface area contributed by atoms with Gasteiger partial charge in [-0.05, 0) is 0 Å². The summed E-state index contributed by atoms with van der Waals surface area (Å²) < 4.78 is 10.6. The molecule has 0 radical (unpaired) electrons. The number of aliphatic hydroxyl groups is 1. The fraction of sp³-hybridized carbons (Fsp3) is 0.875. The molecule has 0 bridgehead atoms. The van der Waals surface area contributed by atoms with E-state index in [2.05, 4.69) is 5.32 Å². The zero-order chi connectivity index (χ0) is 9.42. The first kappa shape index (κ1) is 8.93. The van der Waals surface area contributed by atoms with Gasteiger partial charge in [0, 0.05) is 6.92 Å². The van der Waals surface area contributed by atoms with Crippen molar-refractivity contribution in [3.8, 4) is 0 Å². The smallest absolute Gasteiger partial charge is 0.217 e. The number of carbonyl (C=O) groups excluding carboxylic acids is 1. The highest BCUT2D eigenvalue weighted by Crippen LogP contribution is 2.26. The Balaban J connectivity index is 1.98. The molecular formula is C8H13NO4. The van der Waals surface area contributed by atoms with Crippen LogP contribution in [0.25, 0.3) is 0 Å². The topological polar surface area (TPSA) is 67.8 Å². The van der Waals surface area contributed by atoms with E-state index < -0.39 is 6.10 Å². The van der Waals surface area contributed by atoms with E-state index in [0.29, 0.717) is 13.2 Å². The first-order chi connectivity index (χ1) is 6.18. The van der Waals surface area contributed by atoms with E-state index in [4.69, 9.17) is 9.47 Å². The summed E-state index contributed by atoms with van der Waals surface area (Å²) in [4.78, 5) is 10.8. The van der Waals surface area contributed by atoms with Gasteiger partial charge in [0.05, 0.1) is 19.3 Å². The van der Waals surface area contributed by atoms with E-state index in [1.165, 1.54) is 6.92 Å². The second kappa shape index (κ2) is 3.25. The number of ether oxygens (including phenoxy) is 2. The van der Waals surface area contributed by atoms with E-state index >= 15 is 0 Å². The number of aliphatic hydroxyl groups excluding tert-OH is 1. The maximum Gasteiger partial charge on any atom is 0.217 e. The monoisotopic (exact) mass is 187 g/mol. The zero-order valence-electron chi connectivity index (χ0n) is 7.40. The fourth-order valence-corrected chi connectivity index (χ4v) is 1.86. The first-order valence-electron chi connectivity index (χ1n) is 4.37. The van der Waals surface area contributed by atoms with Crippen molar-refractivity contribution in [2.24, 2.45) is 0 Å². The Morgan fingerprint density at radius 1 is 1.38 bits per heavy atom. The number of hydrogen-bond acceptors (Lipinski definition) is 4. The Morgan fingerprint density at radius 2 is 2.08 bits per heavy atom. The SMILES string of the molecule is CC(=O)N[C@H]1CO[C@H]2[C@@H]1OC[C@H]2O. The number of carbonyl (C=O) groups is 1. The van der Waals surface area contributed by atoms with E-state index in [9.17, 15) is 9.90 Å². The molecule has 2 aliphatic rings. The molecule has 2 N–H and O–H groups in total. The van der Waals surface area contributed by atoms with Gasteiger partial charge in [-0.1, -0.05) is 0 Å². The van der Waals surface area contributed by atoms with Gasteiger partial charge >= 0.3 is 0 Å². The minimum atomic E-state index is -0.552. The minimum absolute atomic E-state index is 0.0979. The molecule has 2 aliphatic heterocycles. The predicted molar refractivity (Wildman–Crippen MR) is 43.1 cm³/mol. The standard InChI is InChI=1S/C8H13NO4/c1-4(10)9-5-2-12-8-6(11)3-13-7(5)8/h5-8,11H,2-3H2,1H3,(H,9,10)/t5-,6+,7+,8+/m0/s1. The van der Waals surface area contributed by atoms with E-state index in [0.717, 1.165) is 0 Å². The lowest BCUT2D eigenvalue weighted by molar-refractivity contribution is -0.120. The maximum atomic E-state index is 10.8. The molecule has 0 aromatic carbocycles. The predicted octanol–water partition coefficient (Wildman–Crippen LogP) is -1.35.